The molecule has 0 radical (unpaired) electrons. The second-order valence-electron chi connectivity index (χ2n) is 6.96. The standard InChI is InChI=1S/C17H35N/c1-12(2)9-17(16(8)13(3)4)10-15(7)11-18-14(5)6/h12-15,17-18H,8-11H2,1-7H3. The molecule has 0 saturated carbocycles. The van der Waals surface area contributed by atoms with Crippen LogP contribution in [0.4, 0.5) is 0 Å². The van der Waals surface area contributed by atoms with E-state index in [0.717, 1.165) is 18.4 Å². The van der Waals surface area contributed by atoms with E-state index in [2.05, 4.69) is 60.4 Å². The van der Waals surface area contributed by atoms with E-state index < -0.39 is 0 Å². The van der Waals surface area contributed by atoms with Gasteiger partial charge < -0.3 is 5.32 Å². The zero-order valence-electron chi connectivity index (χ0n) is 13.7. The fraction of sp³-hybridized carbons (Fsp3) is 0.882. The van der Waals surface area contributed by atoms with Gasteiger partial charge in [-0.2, -0.15) is 0 Å². The van der Waals surface area contributed by atoms with E-state index in [1.54, 1.807) is 0 Å². The molecular formula is C17H35N. The summed E-state index contributed by atoms with van der Waals surface area (Å²) in [5.41, 5.74) is 1.44. The minimum absolute atomic E-state index is 0.587. The van der Waals surface area contributed by atoms with E-state index in [4.69, 9.17) is 0 Å². The minimum atomic E-state index is 0.587. The highest BCUT2D eigenvalue weighted by atomic mass is 14.9. The van der Waals surface area contributed by atoms with Crippen LogP contribution in [-0.4, -0.2) is 12.6 Å². The molecule has 0 aromatic heterocycles. The largest absolute Gasteiger partial charge is 0.314 e. The van der Waals surface area contributed by atoms with Crippen molar-refractivity contribution in [2.75, 3.05) is 6.54 Å². The lowest BCUT2D eigenvalue weighted by molar-refractivity contribution is 0.340. The summed E-state index contributed by atoms with van der Waals surface area (Å²) in [6, 6.07) is 0.587. The summed E-state index contributed by atoms with van der Waals surface area (Å²) in [5, 5.41) is 3.54. The van der Waals surface area contributed by atoms with E-state index in [-0.39, 0.29) is 0 Å². The van der Waals surface area contributed by atoms with Crippen molar-refractivity contribution in [2.45, 2.75) is 67.3 Å². The molecule has 1 N–H and O–H groups in total. The predicted octanol–water partition coefficient (Wildman–Crippen LogP) is 4.89. The third kappa shape index (κ3) is 7.92. The van der Waals surface area contributed by atoms with Crippen LogP contribution in [-0.2, 0) is 0 Å². The summed E-state index contributed by atoms with van der Waals surface area (Å²) < 4.78 is 0. The average Bonchev–Trinajstić information content (AvgIpc) is 2.23. The van der Waals surface area contributed by atoms with Crippen LogP contribution in [0.2, 0.25) is 0 Å². The molecule has 2 atom stereocenters. The highest BCUT2D eigenvalue weighted by Crippen LogP contribution is 2.30. The van der Waals surface area contributed by atoms with Crippen molar-refractivity contribution in [1.82, 2.24) is 5.32 Å². The average molecular weight is 253 g/mol. The third-order valence-electron chi connectivity index (χ3n) is 3.58. The third-order valence-corrected chi connectivity index (χ3v) is 3.58. The van der Waals surface area contributed by atoms with E-state index in [1.807, 2.05) is 0 Å². The second-order valence-corrected chi connectivity index (χ2v) is 6.96. The Morgan fingerprint density at radius 1 is 0.944 bits per heavy atom. The van der Waals surface area contributed by atoms with Gasteiger partial charge in [0.15, 0.2) is 0 Å². The first kappa shape index (κ1) is 17.7. The van der Waals surface area contributed by atoms with Gasteiger partial charge in [0.1, 0.15) is 0 Å². The Morgan fingerprint density at radius 3 is 1.89 bits per heavy atom. The molecule has 0 aliphatic rings. The van der Waals surface area contributed by atoms with Gasteiger partial charge in [-0.3, -0.25) is 0 Å². The van der Waals surface area contributed by atoms with Crippen molar-refractivity contribution in [3.63, 3.8) is 0 Å². The minimum Gasteiger partial charge on any atom is -0.314 e. The smallest absolute Gasteiger partial charge is 0.00104 e. The number of hydrogen-bond donors (Lipinski definition) is 1. The molecule has 0 rings (SSSR count). The van der Waals surface area contributed by atoms with Crippen LogP contribution in [0.5, 0.6) is 0 Å². The lowest BCUT2D eigenvalue weighted by Crippen LogP contribution is -2.29. The van der Waals surface area contributed by atoms with Crippen molar-refractivity contribution in [2.24, 2.45) is 23.7 Å². The topological polar surface area (TPSA) is 12.0 Å². The molecule has 0 fully saturated rings. The highest BCUT2D eigenvalue weighted by molar-refractivity contribution is 5.04. The maximum absolute atomic E-state index is 4.34. The normalized spacial score (nSPS) is 15.4. The molecule has 0 bridgehead atoms. The van der Waals surface area contributed by atoms with Gasteiger partial charge in [-0.15, -0.1) is 0 Å². The van der Waals surface area contributed by atoms with Crippen molar-refractivity contribution in [3.05, 3.63) is 12.2 Å². The van der Waals surface area contributed by atoms with Crippen molar-refractivity contribution >= 4 is 0 Å². The van der Waals surface area contributed by atoms with Crippen LogP contribution < -0.4 is 5.32 Å². The van der Waals surface area contributed by atoms with Gasteiger partial charge in [0, 0.05) is 6.04 Å². The number of hydrogen-bond acceptors (Lipinski definition) is 1. The number of allylic oxidation sites excluding steroid dienone is 1. The number of rotatable bonds is 9. The van der Waals surface area contributed by atoms with Gasteiger partial charge in [-0.25, -0.2) is 0 Å². The molecule has 18 heavy (non-hydrogen) atoms. The lowest BCUT2D eigenvalue weighted by Gasteiger charge is -2.27. The molecule has 1 nitrogen and oxygen atoms in total. The van der Waals surface area contributed by atoms with Gasteiger partial charge in [-0.1, -0.05) is 60.6 Å². The van der Waals surface area contributed by atoms with Gasteiger partial charge in [-0.05, 0) is 43.1 Å². The second kappa shape index (κ2) is 8.74. The quantitative estimate of drug-likeness (QED) is 0.577. The SMILES string of the molecule is C=C(C(C)C)C(CC(C)C)CC(C)CNC(C)C. The Hall–Kier alpha value is -0.300. The Bertz CT molecular complexity index is 228. The first-order valence-electron chi connectivity index (χ1n) is 7.66. The summed E-state index contributed by atoms with van der Waals surface area (Å²) in [6.45, 7) is 21.4. The number of nitrogens with one attached hydrogen (secondary N) is 1. The van der Waals surface area contributed by atoms with E-state index >= 15 is 0 Å². The van der Waals surface area contributed by atoms with Crippen LogP contribution in [0.15, 0.2) is 12.2 Å². The van der Waals surface area contributed by atoms with Crippen LogP contribution in [0.1, 0.15) is 61.3 Å². The molecule has 0 spiro atoms. The van der Waals surface area contributed by atoms with Crippen LogP contribution in [0, 0.1) is 23.7 Å². The van der Waals surface area contributed by atoms with Crippen molar-refractivity contribution in [1.29, 1.82) is 0 Å². The molecule has 1 heteroatoms. The fourth-order valence-electron chi connectivity index (χ4n) is 2.45. The molecule has 0 aliphatic heterocycles. The molecular weight excluding hydrogens is 218 g/mol. The van der Waals surface area contributed by atoms with E-state index in [9.17, 15) is 0 Å². The Labute approximate surface area is 115 Å². The highest BCUT2D eigenvalue weighted by Gasteiger charge is 2.19. The predicted molar refractivity (Wildman–Crippen MR) is 83.8 cm³/mol. The van der Waals surface area contributed by atoms with Gasteiger partial charge in [0.2, 0.25) is 0 Å². The van der Waals surface area contributed by atoms with Gasteiger partial charge in [0.05, 0.1) is 0 Å². The monoisotopic (exact) mass is 253 g/mol. The summed E-state index contributed by atoms with van der Waals surface area (Å²) in [4.78, 5) is 0. The maximum atomic E-state index is 4.34. The molecule has 0 aromatic rings. The van der Waals surface area contributed by atoms with Crippen molar-refractivity contribution < 1.29 is 0 Å². The van der Waals surface area contributed by atoms with E-state index in [0.29, 0.717) is 17.9 Å². The summed E-state index contributed by atoms with van der Waals surface area (Å²) in [6.07, 6.45) is 2.55. The summed E-state index contributed by atoms with van der Waals surface area (Å²) in [5.74, 6) is 2.79. The molecule has 0 aliphatic carbocycles. The molecule has 0 aromatic carbocycles. The summed E-state index contributed by atoms with van der Waals surface area (Å²) >= 11 is 0. The van der Waals surface area contributed by atoms with E-state index in [1.165, 1.54) is 18.4 Å². The Balaban J connectivity index is 4.35. The molecule has 2 unspecified atom stereocenters. The Kier molecular flexibility index (Phi) is 8.60. The van der Waals surface area contributed by atoms with Gasteiger partial charge in [0.25, 0.3) is 0 Å². The molecule has 0 saturated heterocycles. The zero-order chi connectivity index (χ0) is 14.3. The van der Waals surface area contributed by atoms with Crippen LogP contribution in [0.3, 0.4) is 0 Å². The first-order chi connectivity index (χ1) is 8.23. The molecule has 0 amide bonds. The fourth-order valence-corrected chi connectivity index (χ4v) is 2.45. The van der Waals surface area contributed by atoms with Crippen LogP contribution in [0.25, 0.3) is 0 Å². The Morgan fingerprint density at radius 2 is 1.50 bits per heavy atom. The molecule has 0 heterocycles. The van der Waals surface area contributed by atoms with Crippen LogP contribution >= 0.6 is 0 Å². The summed E-state index contributed by atoms with van der Waals surface area (Å²) in [7, 11) is 0. The first-order valence-corrected chi connectivity index (χ1v) is 7.66. The molecule has 108 valence electrons. The lowest BCUT2D eigenvalue weighted by atomic mass is 9.80. The van der Waals surface area contributed by atoms with Crippen molar-refractivity contribution in [3.8, 4) is 0 Å². The van der Waals surface area contributed by atoms with Gasteiger partial charge >= 0.3 is 0 Å². The maximum Gasteiger partial charge on any atom is 0.00104 e. The zero-order valence-corrected chi connectivity index (χ0v) is 13.7.